The van der Waals surface area contributed by atoms with E-state index in [0.29, 0.717) is 11.5 Å². The summed E-state index contributed by atoms with van der Waals surface area (Å²) in [6.07, 6.45) is 7.86. The molecule has 0 fully saturated rings. The molecule has 0 aliphatic heterocycles. The molecule has 0 unspecified atom stereocenters. The van der Waals surface area contributed by atoms with Crippen LogP contribution in [0.2, 0.25) is 0 Å². The summed E-state index contributed by atoms with van der Waals surface area (Å²) in [5.41, 5.74) is 9.84. The van der Waals surface area contributed by atoms with Crippen LogP contribution in [-0.4, -0.2) is 20.7 Å². The largest absolute Gasteiger partial charge is 0.338 e. The van der Waals surface area contributed by atoms with Gasteiger partial charge in [-0.3, -0.25) is 0 Å². The van der Waals surface area contributed by atoms with Gasteiger partial charge in [0.05, 0.1) is 16.9 Å². The first-order valence-electron chi connectivity index (χ1n) is 13.5. The van der Waals surface area contributed by atoms with Gasteiger partial charge in [-0.15, -0.1) is 0 Å². The molecule has 0 amide bonds. The third kappa shape index (κ3) is 4.18. The fourth-order valence-corrected chi connectivity index (χ4v) is 5.53. The van der Waals surface area contributed by atoms with Crippen LogP contribution in [0.15, 0.2) is 115 Å². The maximum absolute atomic E-state index is 8.10. The van der Waals surface area contributed by atoms with E-state index in [2.05, 4.69) is 70.6 Å². The molecule has 4 aromatic carbocycles. The highest BCUT2D eigenvalue weighted by Crippen LogP contribution is 2.36. The lowest BCUT2D eigenvalue weighted by atomic mass is 10.0. The third-order valence-electron chi connectivity index (χ3n) is 7.39. The molecule has 0 saturated carbocycles. The van der Waals surface area contributed by atoms with Crippen LogP contribution in [0.25, 0.3) is 45.2 Å². The van der Waals surface area contributed by atoms with Crippen molar-refractivity contribution in [3.05, 3.63) is 132 Å². The smallest absolute Gasteiger partial charge is 0.158 e. The van der Waals surface area contributed by atoms with Crippen LogP contribution in [0.5, 0.6) is 0 Å². The second-order valence-electron chi connectivity index (χ2n) is 9.86. The van der Waals surface area contributed by atoms with Gasteiger partial charge in [0.15, 0.2) is 5.82 Å². The first-order chi connectivity index (χ1) is 19.8. The fourth-order valence-electron chi connectivity index (χ4n) is 5.53. The number of hydrogen-bond acceptors (Lipinski definition) is 4. The molecule has 2 heterocycles. The van der Waals surface area contributed by atoms with Gasteiger partial charge in [-0.05, 0) is 43.2 Å². The average Bonchev–Trinajstić information content (AvgIpc) is 3.36. The Balaban J connectivity index is 1.35. The predicted octanol–water partition coefficient (Wildman–Crippen LogP) is 8.46. The minimum atomic E-state index is 0.486. The number of nitrogens with zero attached hydrogens (tertiary/aromatic N) is 3. The lowest BCUT2D eigenvalue weighted by molar-refractivity contribution is 0.888. The number of rotatable bonds is 6. The molecule has 192 valence electrons. The first-order valence-corrected chi connectivity index (χ1v) is 13.5. The molecule has 2 N–H and O–H groups in total. The molecule has 0 radical (unpaired) electrons. The van der Waals surface area contributed by atoms with Crippen molar-refractivity contribution in [2.75, 3.05) is 5.32 Å². The zero-order valence-corrected chi connectivity index (χ0v) is 21.9. The standard InChI is InChI=1S/C35H27N5/c36-23-30-35(37-26-13-5-2-6-14-26)39-34(24-11-3-1-4-12-24)33(38-30)25-19-21-27(22-20-25)40-31-17-9-7-15-28(31)29-16-8-10-18-32(29)40/h1-9,11-17,19-23,36H,10,18H2,(H,37,39). The van der Waals surface area contributed by atoms with E-state index in [1.54, 1.807) is 0 Å². The molecule has 1 aliphatic rings. The van der Waals surface area contributed by atoms with Crippen molar-refractivity contribution in [1.29, 1.82) is 5.41 Å². The molecule has 5 heteroatoms. The molecule has 5 nitrogen and oxygen atoms in total. The Morgan fingerprint density at radius 2 is 1.40 bits per heavy atom. The van der Waals surface area contributed by atoms with Gasteiger partial charge >= 0.3 is 0 Å². The molecule has 40 heavy (non-hydrogen) atoms. The Morgan fingerprint density at radius 1 is 0.725 bits per heavy atom. The highest BCUT2D eigenvalue weighted by molar-refractivity contribution is 5.93. The van der Waals surface area contributed by atoms with Crippen LogP contribution in [0, 0.1) is 5.41 Å². The van der Waals surface area contributed by atoms with Crippen molar-refractivity contribution in [3.8, 4) is 28.2 Å². The number of benzene rings is 4. The summed E-state index contributed by atoms with van der Waals surface area (Å²) in [5, 5.41) is 12.7. The minimum absolute atomic E-state index is 0.486. The van der Waals surface area contributed by atoms with Gasteiger partial charge in [0.1, 0.15) is 5.69 Å². The van der Waals surface area contributed by atoms with Crippen LogP contribution in [0.3, 0.4) is 0 Å². The van der Waals surface area contributed by atoms with Gasteiger partial charge in [-0.2, -0.15) is 0 Å². The van der Waals surface area contributed by atoms with E-state index in [1.165, 1.54) is 28.4 Å². The number of anilines is 2. The van der Waals surface area contributed by atoms with E-state index in [1.807, 2.05) is 60.7 Å². The van der Waals surface area contributed by atoms with Crippen molar-refractivity contribution in [1.82, 2.24) is 14.5 Å². The Hall–Kier alpha value is -5.29. The Bertz CT molecular complexity index is 1870. The van der Waals surface area contributed by atoms with E-state index in [0.717, 1.165) is 46.7 Å². The van der Waals surface area contributed by atoms with Crippen LogP contribution in [0.1, 0.15) is 23.4 Å². The van der Waals surface area contributed by atoms with Crippen molar-refractivity contribution in [2.45, 2.75) is 12.8 Å². The number of aromatic nitrogens is 3. The molecule has 0 atom stereocenters. The Kier molecular flexibility index (Phi) is 6.02. The van der Waals surface area contributed by atoms with Crippen LogP contribution in [-0.2, 0) is 6.42 Å². The average molecular weight is 518 g/mol. The minimum Gasteiger partial charge on any atom is -0.338 e. The SMILES string of the molecule is N=Cc1nc(-c2ccc(-n3c4c(c5ccccc53)C=CCC4)cc2)c(-c2ccccc2)nc1Nc1ccccc1. The first kappa shape index (κ1) is 23.8. The molecular weight excluding hydrogens is 490 g/mol. The third-order valence-corrected chi connectivity index (χ3v) is 7.39. The van der Waals surface area contributed by atoms with Gasteiger partial charge in [0.2, 0.25) is 0 Å². The monoisotopic (exact) mass is 517 g/mol. The number of allylic oxidation sites excluding steroid dienone is 1. The normalized spacial score (nSPS) is 12.3. The van der Waals surface area contributed by atoms with E-state index >= 15 is 0 Å². The van der Waals surface area contributed by atoms with Gasteiger partial charge < -0.3 is 15.3 Å². The molecule has 0 spiro atoms. The Morgan fingerprint density at radius 3 is 2.17 bits per heavy atom. The molecule has 2 aromatic heterocycles. The van der Waals surface area contributed by atoms with Crippen molar-refractivity contribution in [3.63, 3.8) is 0 Å². The zero-order chi connectivity index (χ0) is 26.9. The summed E-state index contributed by atoms with van der Waals surface area (Å²) in [5.74, 6) is 0.555. The number of nitrogens with one attached hydrogen (secondary N) is 2. The van der Waals surface area contributed by atoms with Gasteiger partial charge in [-0.25, -0.2) is 9.97 Å². The number of fused-ring (bicyclic) bond motifs is 3. The highest BCUT2D eigenvalue weighted by atomic mass is 15.0. The summed E-state index contributed by atoms with van der Waals surface area (Å²) in [6.45, 7) is 0. The van der Waals surface area contributed by atoms with E-state index in [-0.39, 0.29) is 0 Å². The summed E-state index contributed by atoms with van der Waals surface area (Å²) in [7, 11) is 0. The van der Waals surface area contributed by atoms with E-state index in [4.69, 9.17) is 15.4 Å². The fraction of sp³-hybridized carbons (Fsp3) is 0.0571. The number of hydrogen-bond donors (Lipinski definition) is 2. The molecule has 0 bridgehead atoms. The Labute approximate surface area is 233 Å². The van der Waals surface area contributed by atoms with Crippen molar-refractivity contribution in [2.24, 2.45) is 0 Å². The quantitative estimate of drug-likeness (QED) is 0.218. The predicted molar refractivity (Wildman–Crippen MR) is 165 cm³/mol. The summed E-state index contributed by atoms with van der Waals surface area (Å²) in [4.78, 5) is 9.98. The van der Waals surface area contributed by atoms with E-state index < -0.39 is 0 Å². The van der Waals surface area contributed by atoms with Crippen molar-refractivity contribution >= 4 is 34.7 Å². The molecule has 6 aromatic rings. The summed E-state index contributed by atoms with van der Waals surface area (Å²) >= 11 is 0. The molecule has 1 aliphatic carbocycles. The van der Waals surface area contributed by atoms with Crippen LogP contribution < -0.4 is 5.32 Å². The zero-order valence-electron chi connectivity index (χ0n) is 21.9. The van der Waals surface area contributed by atoms with Crippen molar-refractivity contribution < 1.29 is 0 Å². The second kappa shape index (κ2) is 10.1. The molecule has 7 rings (SSSR count). The van der Waals surface area contributed by atoms with Gasteiger partial charge in [0, 0.05) is 45.4 Å². The maximum Gasteiger partial charge on any atom is 0.158 e. The second-order valence-corrected chi connectivity index (χ2v) is 9.86. The molecule has 0 saturated heterocycles. The highest BCUT2D eigenvalue weighted by Gasteiger charge is 2.20. The lowest BCUT2D eigenvalue weighted by Gasteiger charge is -2.16. The van der Waals surface area contributed by atoms with Gasteiger partial charge in [-0.1, -0.05) is 91.0 Å². The van der Waals surface area contributed by atoms with Crippen LogP contribution in [0.4, 0.5) is 11.5 Å². The topological polar surface area (TPSA) is 66.6 Å². The summed E-state index contributed by atoms with van der Waals surface area (Å²) < 4.78 is 2.39. The van der Waals surface area contributed by atoms with E-state index in [9.17, 15) is 0 Å². The summed E-state index contributed by atoms with van der Waals surface area (Å²) in [6, 6.07) is 37.1. The van der Waals surface area contributed by atoms with Crippen LogP contribution >= 0.6 is 0 Å². The number of para-hydroxylation sites is 2. The van der Waals surface area contributed by atoms with Gasteiger partial charge in [0.25, 0.3) is 0 Å². The lowest BCUT2D eigenvalue weighted by Crippen LogP contribution is -2.06. The molecular formula is C35H27N5. The maximum atomic E-state index is 8.10.